The molecule has 0 radical (unpaired) electrons. The van der Waals surface area contributed by atoms with Crippen LogP contribution in [0.15, 0.2) is 41.3 Å². The van der Waals surface area contributed by atoms with Gasteiger partial charge in [0.15, 0.2) is 0 Å². The smallest absolute Gasteiger partial charge is 0.294 e. The molecule has 0 aliphatic rings. The van der Waals surface area contributed by atoms with Gasteiger partial charge in [-0.1, -0.05) is 6.07 Å². The molecule has 8 nitrogen and oxygen atoms in total. The Morgan fingerprint density at radius 1 is 1.12 bits per heavy atom. The Balaban J connectivity index is 2.37. The van der Waals surface area contributed by atoms with Gasteiger partial charge in [0, 0.05) is 17.7 Å². The van der Waals surface area contributed by atoms with Gasteiger partial charge in [-0.3, -0.25) is 9.35 Å². The Kier molecular flexibility index (Phi) is 4.96. The molecule has 9 heteroatoms. The fourth-order valence-electron chi connectivity index (χ4n) is 2.01. The van der Waals surface area contributed by atoms with Gasteiger partial charge < -0.3 is 20.5 Å². The lowest BCUT2D eigenvalue weighted by Crippen LogP contribution is -2.14. The first-order valence-electron chi connectivity index (χ1n) is 6.66. The monoisotopic (exact) mass is 352 g/mol. The van der Waals surface area contributed by atoms with Gasteiger partial charge in [-0.05, 0) is 18.2 Å². The number of methoxy groups -OCH3 is 2. The normalized spacial score (nSPS) is 11.0. The lowest BCUT2D eigenvalue weighted by molar-refractivity contribution is 0.102. The van der Waals surface area contributed by atoms with Crippen molar-refractivity contribution < 1.29 is 27.2 Å². The van der Waals surface area contributed by atoms with Crippen LogP contribution in [0.25, 0.3) is 0 Å². The Morgan fingerprint density at radius 3 is 2.38 bits per heavy atom. The summed E-state index contributed by atoms with van der Waals surface area (Å²) >= 11 is 0. The first-order chi connectivity index (χ1) is 11.3. The molecule has 1 amide bonds. The van der Waals surface area contributed by atoms with Crippen molar-refractivity contribution >= 4 is 27.4 Å². The van der Waals surface area contributed by atoms with E-state index in [1.165, 1.54) is 44.6 Å². The summed E-state index contributed by atoms with van der Waals surface area (Å²) < 4.78 is 41.6. The van der Waals surface area contributed by atoms with Crippen molar-refractivity contribution in [3.05, 3.63) is 42.0 Å². The Hall–Kier alpha value is -2.78. The van der Waals surface area contributed by atoms with Gasteiger partial charge in [0.2, 0.25) is 0 Å². The van der Waals surface area contributed by atoms with Crippen LogP contribution in [0.3, 0.4) is 0 Å². The predicted octanol–water partition coefficient (Wildman–Crippen LogP) is 1.78. The number of anilines is 2. The van der Waals surface area contributed by atoms with Crippen LogP contribution in [0.1, 0.15) is 10.4 Å². The van der Waals surface area contributed by atoms with Crippen LogP contribution in [-0.4, -0.2) is 33.1 Å². The molecule has 0 saturated carbocycles. The van der Waals surface area contributed by atoms with Crippen LogP contribution >= 0.6 is 0 Å². The summed E-state index contributed by atoms with van der Waals surface area (Å²) in [5.74, 6) is 0.0657. The summed E-state index contributed by atoms with van der Waals surface area (Å²) in [6, 6.07) is 7.97. The van der Waals surface area contributed by atoms with Crippen molar-refractivity contribution in [1.29, 1.82) is 0 Å². The largest absolute Gasteiger partial charge is 0.495 e. The van der Waals surface area contributed by atoms with Crippen LogP contribution < -0.4 is 20.5 Å². The fourth-order valence-corrected chi connectivity index (χ4v) is 2.54. The number of carbonyl (C=O) groups excluding carboxylic acids is 1. The average Bonchev–Trinajstić information content (AvgIpc) is 2.55. The molecule has 4 N–H and O–H groups in total. The molecule has 0 fully saturated rings. The van der Waals surface area contributed by atoms with Crippen molar-refractivity contribution in [1.82, 2.24) is 0 Å². The number of nitrogens with one attached hydrogen (secondary N) is 1. The van der Waals surface area contributed by atoms with Crippen molar-refractivity contribution in [3.8, 4) is 11.5 Å². The molecule has 0 heterocycles. The highest BCUT2D eigenvalue weighted by molar-refractivity contribution is 7.85. The van der Waals surface area contributed by atoms with E-state index >= 15 is 0 Å². The molecule has 0 spiro atoms. The molecule has 0 atom stereocenters. The fraction of sp³-hybridized carbons (Fsp3) is 0.133. The molecule has 0 unspecified atom stereocenters. The molecule has 24 heavy (non-hydrogen) atoms. The quantitative estimate of drug-likeness (QED) is 0.553. The maximum atomic E-state index is 12.3. The van der Waals surface area contributed by atoms with E-state index in [0.29, 0.717) is 22.9 Å². The zero-order chi connectivity index (χ0) is 17.9. The van der Waals surface area contributed by atoms with E-state index in [9.17, 15) is 13.2 Å². The van der Waals surface area contributed by atoms with Crippen molar-refractivity contribution in [2.45, 2.75) is 4.90 Å². The third-order valence-corrected chi connectivity index (χ3v) is 4.04. The van der Waals surface area contributed by atoms with Crippen LogP contribution in [0.5, 0.6) is 11.5 Å². The summed E-state index contributed by atoms with van der Waals surface area (Å²) in [6.45, 7) is 0. The molecule has 2 rings (SSSR count). The number of nitrogen functional groups attached to an aromatic ring is 1. The maximum absolute atomic E-state index is 12.3. The zero-order valence-corrected chi connectivity index (χ0v) is 13.8. The number of nitrogens with two attached hydrogens (primary N) is 1. The SMILES string of the molecule is COc1cc(NC(=O)c2cccc(S(=O)(=O)O)c2)c(OC)cc1N. The van der Waals surface area contributed by atoms with E-state index in [4.69, 9.17) is 19.8 Å². The summed E-state index contributed by atoms with van der Waals surface area (Å²) in [4.78, 5) is 12.0. The minimum absolute atomic E-state index is 0.0444. The van der Waals surface area contributed by atoms with Gasteiger partial charge in [0.1, 0.15) is 11.5 Å². The number of amides is 1. The molecular formula is C15H16N2O6S. The van der Waals surface area contributed by atoms with Crippen LogP contribution in [0, 0.1) is 0 Å². The van der Waals surface area contributed by atoms with Gasteiger partial charge >= 0.3 is 0 Å². The van der Waals surface area contributed by atoms with Crippen molar-refractivity contribution in [2.75, 3.05) is 25.3 Å². The highest BCUT2D eigenvalue weighted by Crippen LogP contribution is 2.34. The molecule has 0 saturated heterocycles. The number of carbonyl (C=O) groups is 1. The number of benzene rings is 2. The second kappa shape index (κ2) is 6.77. The first-order valence-corrected chi connectivity index (χ1v) is 8.10. The third kappa shape index (κ3) is 3.76. The lowest BCUT2D eigenvalue weighted by Gasteiger charge is -2.14. The van der Waals surface area contributed by atoms with Crippen LogP contribution in [0.2, 0.25) is 0 Å². The molecule has 128 valence electrons. The van der Waals surface area contributed by atoms with Crippen molar-refractivity contribution in [2.24, 2.45) is 0 Å². The van der Waals surface area contributed by atoms with E-state index in [-0.39, 0.29) is 10.5 Å². The number of rotatable bonds is 5. The minimum atomic E-state index is -4.40. The van der Waals surface area contributed by atoms with E-state index < -0.39 is 16.0 Å². The standard InChI is InChI=1S/C15H16N2O6S/c1-22-13-8-12(14(23-2)7-11(13)16)17-15(18)9-4-3-5-10(6-9)24(19,20)21/h3-8H,16H2,1-2H3,(H,17,18)(H,19,20,21). The Bertz CT molecular complexity index is 880. The van der Waals surface area contributed by atoms with E-state index in [1.807, 2.05) is 0 Å². The molecular weight excluding hydrogens is 336 g/mol. The molecule has 0 aliphatic carbocycles. The van der Waals surface area contributed by atoms with E-state index in [2.05, 4.69) is 5.32 Å². The third-order valence-electron chi connectivity index (χ3n) is 3.19. The molecule has 2 aromatic rings. The summed E-state index contributed by atoms with van der Waals surface area (Å²) in [5, 5.41) is 2.58. The first kappa shape index (κ1) is 17.6. The van der Waals surface area contributed by atoms with Gasteiger partial charge in [-0.15, -0.1) is 0 Å². The van der Waals surface area contributed by atoms with Gasteiger partial charge in [-0.25, -0.2) is 0 Å². The second-order valence-corrected chi connectivity index (χ2v) is 6.17. The number of ether oxygens (including phenoxy) is 2. The Labute approximate surface area is 138 Å². The minimum Gasteiger partial charge on any atom is -0.495 e. The molecule has 2 aromatic carbocycles. The summed E-state index contributed by atoms with van der Waals surface area (Å²) in [5.41, 5.74) is 6.45. The van der Waals surface area contributed by atoms with Crippen LogP contribution in [-0.2, 0) is 10.1 Å². The topological polar surface area (TPSA) is 128 Å². The Morgan fingerprint density at radius 2 is 1.79 bits per heavy atom. The molecule has 0 aliphatic heterocycles. The maximum Gasteiger partial charge on any atom is 0.294 e. The van der Waals surface area contributed by atoms with E-state index in [0.717, 1.165) is 6.07 Å². The lowest BCUT2D eigenvalue weighted by atomic mass is 10.2. The predicted molar refractivity (Wildman–Crippen MR) is 88.2 cm³/mol. The number of hydrogen-bond acceptors (Lipinski definition) is 6. The van der Waals surface area contributed by atoms with Gasteiger partial charge in [0.25, 0.3) is 16.0 Å². The molecule has 0 aromatic heterocycles. The summed E-state index contributed by atoms with van der Waals surface area (Å²) in [6.07, 6.45) is 0. The molecule has 0 bridgehead atoms. The van der Waals surface area contributed by atoms with E-state index in [1.54, 1.807) is 0 Å². The highest BCUT2D eigenvalue weighted by atomic mass is 32.2. The number of hydrogen-bond donors (Lipinski definition) is 3. The van der Waals surface area contributed by atoms with Gasteiger partial charge in [-0.2, -0.15) is 8.42 Å². The summed E-state index contributed by atoms with van der Waals surface area (Å²) in [7, 11) is -1.56. The second-order valence-electron chi connectivity index (χ2n) is 4.75. The van der Waals surface area contributed by atoms with Crippen LogP contribution in [0.4, 0.5) is 11.4 Å². The van der Waals surface area contributed by atoms with Gasteiger partial charge in [0.05, 0.1) is 30.5 Å². The average molecular weight is 352 g/mol. The highest BCUT2D eigenvalue weighted by Gasteiger charge is 2.16. The zero-order valence-electron chi connectivity index (χ0n) is 12.9. The van der Waals surface area contributed by atoms with Crippen molar-refractivity contribution in [3.63, 3.8) is 0 Å².